The van der Waals surface area contributed by atoms with Gasteiger partial charge in [-0.3, -0.25) is 0 Å². The van der Waals surface area contributed by atoms with Crippen LogP contribution in [0.1, 0.15) is 12.5 Å². The van der Waals surface area contributed by atoms with E-state index in [1.807, 2.05) is 0 Å². The maximum absolute atomic E-state index is 12.7. The first-order valence-corrected chi connectivity index (χ1v) is 5.12. The van der Waals surface area contributed by atoms with E-state index in [1.54, 1.807) is 0 Å². The summed E-state index contributed by atoms with van der Waals surface area (Å²) in [5.41, 5.74) is 3.59. The lowest BCUT2D eigenvalue weighted by atomic mass is 9.93. The van der Waals surface area contributed by atoms with Crippen LogP contribution in [-0.2, 0) is 5.54 Å². The van der Waals surface area contributed by atoms with Crippen molar-refractivity contribution in [3.8, 4) is 0 Å². The van der Waals surface area contributed by atoms with Crippen molar-refractivity contribution >= 4 is 34.8 Å². The minimum absolute atomic E-state index is 0.00485. The van der Waals surface area contributed by atoms with Gasteiger partial charge in [0.2, 0.25) is 0 Å². The normalized spacial score (nSPS) is 15.5. The average molecular weight is 275 g/mol. The molecule has 0 fully saturated rings. The summed E-state index contributed by atoms with van der Waals surface area (Å²) >= 11 is 17.2. The monoisotopic (exact) mass is 273 g/mol. The number of alkyl halides is 2. The first kappa shape index (κ1) is 13.0. The van der Waals surface area contributed by atoms with Crippen LogP contribution in [-0.4, -0.2) is 6.43 Å². The van der Waals surface area contributed by atoms with E-state index < -0.39 is 12.0 Å². The van der Waals surface area contributed by atoms with Gasteiger partial charge >= 0.3 is 0 Å². The second-order valence-corrected chi connectivity index (χ2v) is 4.58. The maximum Gasteiger partial charge on any atom is 0.260 e. The molecule has 1 unspecified atom stereocenters. The number of hydrogen-bond donors (Lipinski definition) is 1. The quantitative estimate of drug-likeness (QED) is 0.864. The minimum atomic E-state index is -2.77. The highest BCUT2D eigenvalue weighted by atomic mass is 35.5. The summed E-state index contributed by atoms with van der Waals surface area (Å²) in [5.74, 6) is 0. The third-order valence-corrected chi connectivity index (χ3v) is 2.81. The van der Waals surface area contributed by atoms with Gasteiger partial charge in [0.1, 0.15) is 5.54 Å². The molecule has 0 heterocycles. The van der Waals surface area contributed by atoms with E-state index in [2.05, 4.69) is 0 Å². The number of hydrogen-bond acceptors (Lipinski definition) is 1. The fraction of sp³-hybridized carbons (Fsp3) is 0.333. The summed E-state index contributed by atoms with van der Waals surface area (Å²) in [7, 11) is 0. The maximum atomic E-state index is 12.7. The third kappa shape index (κ3) is 2.53. The van der Waals surface area contributed by atoms with Crippen molar-refractivity contribution in [2.24, 2.45) is 5.73 Å². The molecule has 0 aromatic heterocycles. The van der Waals surface area contributed by atoms with Crippen LogP contribution in [0, 0.1) is 0 Å². The van der Waals surface area contributed by atoms with Gasteiger partial charge in [-0.2, -0.15) is 0 Å². The van der Waals surface area contributed by atoms with E-state index >= 15 is 0 Å². The van der Waals surface area contributed by atoms with Crippen LogP contribution in [0.2, 0.25) is 15.1 Å². The molecular weight excluding hydrogens is 266 g/mol. The molecule has 0 amide bonds. The second-order valence-electron chi connectivity index (χ2n) is 3.33. The zero-order chi connectivity index (χ0) is 11.8. The lowest BCUT2D eigenvalue weighted by Crippen LogP contribution is -2.41. The van der Waals surface area contributed by atoms with E-state index in [9.17, 15) is 8.78 Å². The smallest absolute Gasteiger partial charge is 0.260 e. The Balaban J connectivity index is 3.38. The van der Waals surface area contributed by atoms with Crippen LogP contribution in [0.5, 0.6) is 0 Å². The molecule has 1 atom stereocenters. The lowest BCUT2D eigenvalue weighted by Gasteiger charge is -2.26. The molecule has 0 aliphatic rings. The molecular formula is C9H8Cl3F2N. The Kier molecular flexibility index (Phi) is 3.82. The van der Waals surface area contributed by atoms with Gasteiger partial charge in [0.15, 0.2) is 0 Å². The third-order valence-electron chi connectivity index (χ3n) is 2.00. The van der Waals surface area contributed by atoms with Gasteiger partial charge in [0, 0.05) is 20.6 Å². The molecule has 15 heavy (non-hydrogen) atoms. The molecule has 0 aliphatic heterocycles. The van der Waals surface area contributed by atoms with E-state index in [4.69, 9.17) is 40.5 Å². The Morgan fingerprint density at radius 2 is 1.60 bits per heavy atom. The molecule has 1 aromatic rings. The molecule has 0 saturated heterocycles. The van der Waals surface area contributed by atoms with E-state index in [-0.39, 0.29) is 20.6 Å². The Bertz CT molecular complexity index is 357. The molecule has 0 saturated carbocycles. The average Bonchev–Trinajstić information content (AvgIpc) is 2.00. The Morgan fingerprint density at radius 3 is 1.93 bits per heavy atom. The van der Waals surface area contributed by atoms with Crippen LogP contribution in [0.15, 0.2) is 12.1 Å². The molecule has 84 valence electrons. The van der Waals surface area contributed by atoms with Gasteiger partial charge in [0.05, 0.1) is 0 Å². The predicted octanol–water partition coefficient (Wildman–Crippen LogP) is 4.09. The number of rotatable bonds is 2. The molecule has 6 heteroatoms. The zero-order valence-corrected chi connectivity index (χ0v) is 9.97. The summed E-state index contributed by atoms with van der Waals surface area (Å²) in [6.07, 6.45) is -2.77. The molecule has 2 N–H and O–H groups in total. The van der Waals surface area contributed by atoms with Gasteiger partial charge in [-0.1, -0.05) is 34.8 Å². The van der Waals surface area contributed by atoms with Crippen molar-refractivity contribution in [2.75, 3.05) is 0 Å². The topological polar surface area (TPSA) is 26.0 Å². The van der Waals surface area contributed by atoms with E-state index in [0.717, 1.165) is 0 Å². The molecule has 0 spiro atoms. The van der Waals surface area contributed by atoms with Crippen molar-refractivity contribution < 1.29 is 8.78 Å². The Hall–Kier alpha value is -0.0900. The Morgan fingerprint density at radius 1 is 1.20 bits per heavy atom. The van der Waals surface area contributed by atoms with Crippen molar-refractivity contribution in [2.45, 2.75) is 18.9 Å². The zero-order valence-electron chi connectivity index (χ0n) is 7.70. The highest BCUT2D eigenvalue weighted by Crippen LogP contribution is 2.38. The molecule has 0 radical (unpaired) electrons. The molecule has 1 rings (SSSR count). The SMILES string of the molecule is CC(N)(c1c(Cl)cc(Cl)cc1Cl)C(F)F. The highest BCUT2D eigenvalue weighted by molar-refractivity contribution is 6.39. The summed E-state index contributed by atoms with van der Waals surface area (Å²) in [6.45, 7) is 1.17. The fourth-order valence-corrected chi connectivity index (χ4v) is 2.39. The first-order valence-electron chi connectivity index (χ1n) is 3.99. The van der Waals surface area contributed by atoms with E-state index in [1.165, 1.54) is 19.1 Å². The fourth-order valence-electron chi connectivity index (χ4n) is 1.17. The van der Waals surface area contributed by atoms with Crippen LogP contribution >= 0.6 is 34.8 Å². The van der Waals surface area contributed by atoms with Crippen LogP contribution in [0.4, 0.5) is 8.78 Å². The first-order chi connectivity index (χ1) is 6.76. The molecule has 1 nitrogen and oxygen atoms in total. The van der Waals surface area contributed by atoms with E-state index in [0.29, 0.717) is 0 Å². The number of nitrogens with two attached hydrogens (primary N) is 1. The van der Waals surface area contributed by atoms with Crippen LogP contribution < -0.4 is 5.73 Å². The second kappa shape index (κ2) is 4.42. The van der Waals surface area contributed by atoms with Gasteiger partial charge in [-0.05, 0) is 19.1 Å². The lowest BCUT2D eigenvalue weighted by molar-refractivity contribution is 0.0626. The predicted molar refractivity (Wildman–Crippen MR) is 59.0 cm³/mol. The van der Waals surface area contributed by atoms with Crippen LogP contribution in [0.3, 0.4) is 0 Å². The number of benzene rings is 1. The van der Waals surface area contributed by atoms with Gasteiger partial charge in [-0.25, -0.2) is 8.78 Å². The summed E-state index contributed by atoms with van der Waals surface area (Å²) in [4.78, 5) is 0. The standard InChI is InChI=1S/C9H8Cl3F2N/c1-9(15,8(13)14)7-5(11)2-4(10)3-6(7)12/h2-3,8H,15H2,1H3. The van der Waals surface area contributed by atoms with Gasteiger partial charge < -0.3 is 5.73 Å². The van der Waals surface area contributed by atoms with Crippen LogP contribution in [0.25, 0.3) is 0 Å². The van der Waals surface area contributed by atoms with Gasteiger partial charge in [-0.15, -0.1) is 0 Å². The minimum Gasteiger partial charge on any atom is -0.317 e. The number of halogens is 5. The van der Waals surface area contributed by atoms with Crippen molar-refractivity contribution in [3.05, 3.63) is 32.8 Å². The molecule has 0 aliphatic carbocycles. The highest BCUT2D eigenvalue weighted by Gasteiger charge is 2.36. The van der Waals surface area contributed by atoms with Crippen molar-refractivity contribution in [1.82, 2.24) is 0 Å². The molecule has 0 bridgehead atoms. The summed E-state index contributed by atoms with van der Waals surface area (Å²) in [5, 5.41) is 0.356. The summed E-state index contributed by atoms with van der Waals surface area (Å²) in [6, 6.07) is 2.66. The molecule has 1 aromatic carbocycles. The van der Waals surface area contributed by atoms with Crippen molar-refractivity contribution in [3.63, 3.8) is 0 Å². The van der Waals surface area contributed by atoms with Crippen molar-refractivity contribution in [1.29, 1.82) is 0 Å². The Labute approximate surface area is 101 Å². The van der Waals surface area contributed by atoms with Gasteiger partial charge in [0.25, 0.3) is 6.43 Å². The largest absolute Gasteiger partial charge is 0.317 e. The summed E-state index contributed by atoms with van der Waals surface area (Å²) < 4.78 is 25.4.